The van der Waals surface area contributed by atoms with E-state index in [1.54, 1.807) is 7.11 Å². The number of ether oxygens (including phenoxy) is 2. The van der Waals surface area contributed by atoms with E-state index in [1.807, 2.05) is 0 Å². The summed E-state index contributed by atoms with van der Waals surface area (Å²) in [5.41, 5.74) is 0.417. The monoisotopic (exact) mass is 421 g/mol. The molecule has 1 aromatic carbocycles. The van der Waals surface area contributed by atoms with Crippen molar-refractivity contribution >= 4 is 28.3 Å². The first-order chi connectivity index (χ1) is 12.5. The lowest BCUT2D eigenvalue weighted by Crippen LogP contribution is -2.33. The van der Waals surface area contributed by atoms with Crippen LogP contribution in [0.3, 0.4) is 0 Å². The fraction of sp³-hybridized carbons (Fsp3) is 0.588. The van der Waals surface area contributed by atoms with Gasteiger partial charge in [-0.2, -0.15) is 0 Å². The summed E-state index contributed by atoms with van der Waals surface area (Å²) in [7, 11) is -1.97. The molecule has 1 saturated heterocycles. The van der Waals surface area contributed by atoms with Crippen LogP contribution in [0.5, 0.6) is 0 Å². The second kappa shape index (κ2) is 12.3. The van der Waals surface area contributed by atoms with Crippen LogP contribution in [-0.4, -0.2) is 66.9 Å². The molecular weight excluding hydrogens is 394 g/mol. The van der Waals surface area contributed by atoms with Gasteiger partial charge in [0.05, 0.1) is 17.6 Å². The van der Waals surface area contributed by atoms with E-state index in [2.05, 4.69) is 15.4 Å². The van der Waals surface area contributed by atoms with Gasteiger partial charge in [0.1, 0.15) is 0 Å². The Morgan fingerprint density at radius 1 is 1.22 bits per heavy atom. The van der Waals surface area contributed by atoms with Crippen molar-refractivity contribution in [2.75, 3.05) is 46.5 Å². The molecule has 1 aliphatic rings. The van der Waals surface area contributed by atoms with Crippen molar-refractivity contribution in [1.29, 1.82) is 0 Å². The minimum absolute atomic E-state index is 0. The van der Waals surface area contributed by atoms with E-state index >= 15 is 0 Å². The van der Waals surface area contributed by atoms with Crippen LogP contribution in [0.15, 0.2) is 29.2 Å². The summed E-state index contributed by atoms with van der Waals surface area (Å²) < 4.78 is 37.4. The van der Waals surface area contributed by atoms with E-state index in [9.17, 15) is 13.2 Å². The van der Waals surface area contributed by atoms with Crippen LogP contribution >= 0.6 is 12.4 Å². The third kappa shape index (κ3) is 8.12. The predicted molar refractivity (Wildman–Crippen MR) is 105 cm³/mol. The molecule has 0 aliphatic carbocycles. The summed E-state index contributed by atoms with van der Waals surface area (Å²) in [6.45, 7) is 3.39. The molecule has 0 radical (unpaired) electrons. The summed E-state index contributed by atoms with van der Waals surface area (Å²) in [4.78, 5) is 12.2. The molecular formula is C17H28ClN3O5S. The minimum Gasteiger partial charge on any atom is -0.383 e. The molecule has 1 amide bonds. The van der Waals surface area contributed by atoms with Crippen LogP contribution in [-0.2, 0) is 19.5 Å². The van der Waals surface area contributed by atoms with Crippen LogP contribution < -0.4 is 15.4 Å². The Morgan fingerprint density at radius 3 is 2.59 bits per heavy atom. The topological polar surface area (TPSA) is 106 Å². The highest BCUT2D eigenvalue weighted by Gasteiger charge is 2.20. The Kier molecular flexibility index (Phi) is 10.8. The first-order valence-corrected chi connectivity index (χ1v) is 10.2. The zero-order valence-corrected chi connectivity index (χ0v) is 17.0. The largest absolute Gasteiger partial charge is 0.383 e. The van der Waals surface area contributed by atoms with E-state index in [0.717, 1.165) is 19.4 Å². The SMILES string of the molecule is COCCNCCNC(=O)c1ccc(S(=O)(=O)NCC2CCCO2)cc1.Cl. The second-order valence-corrected chi connectivity index (χ2v) is 7.78. The molecule has 3 N–H and O–H groups in total. The van der Waals surface area contributed by atoms with Gasteiger partial charge in [-0.25, -0.2) is 13.1 Å². The summed E-state index contributed by atoms with van der Waals surface area (Å²) in [5, 5.41) is 5.89. The van der Waals surface area contributed by atoms with Gasteiger partial charge in [0.15, 0.2) is 0 Å². The number of rotatable bonds is 11. The molecule has 0 saturated carbocycles. The lowest BCUT2D eigenvalue weighted by molar-refractivity contribution is 0.0953. The lowest BCUT2D eigenvalue weighted by Gasteiger charge is -2.12. The van der Waals surface area contributed by atoms with Gasteiger partial charge in [0.2, 0.25) is 10.0 Å². The number of hydrogen-bond acceptors (Lipinski definition) is 6. The van der Waals surface area contributed by atoms with Crippen molar-refractivity contribution in [3.05, 3.63) is 29.8 Å². The van der Waals surface area contributed by atoms with Crippen LogP contribution in [0, 0.1) is 0 Å². The number of carbonyl (C=O) groups excluding carboxylic acids is 1. The second-order valence-electron chi connectivity index (χ2n) is 6.01. The highest BCUT2D eigenvalue weighted by Crippen LogP contribution is 2.14. The summed E-state index contributed by atoms with van der Waals surface area (Å²) >= 11 is 0. The molecule has 27 heavy (non-hydrogen) atoms. The van der Waals surface area contributed by atoms with Gasteiger partial charge < -0.3 is 20.1 Å². The molecule has 1 aliphatic heterocycles. The van der Waals surface area contributed by atoms with Crippen molar-refractivity contribution in [3.8, 4) is 0 Å². The van der Waals surface area contributed by atoms with E-state index in [0.29, 0.717) is 31.9 Å². The van der Waals surface area contributed by atoms with Gasteiger partial charge in [-0.15, -0.1) is 12.4 Å². The molecule has 0 bridgehead atoms. The lowest BCUT2D eigenvalue weighted by atomic mass is 10.2. The highest BCUT2D eigenvalue weighted by molar-refractivity contribution is 7.89. The third-order valence-electron chi connectivity index (χ3n) is 4.02. The number of hydrogen-bond donors (Lipinski definition) is 3. The maximum Gasteiger partial charge on any atom is 0.251 e. The molecule has 1 fully saturated rings. The fourth-order valence-corrected chi connectivity index (χ4v) is 3.61. The highest BCUT2D eigenvalue weighted by atomic mass is 35.5. The normalized spacial score (nSPS) is 16.7. The number of halogens is 1. The average molecular weight is 422 g/mol. The van der Waals surface area contributed by atoms with E-state index in [-0.39, 0.29) is 35.9 Å². The molecule has 1 heterocycles. The van der Waals surface area contributed by atoms with Gasteiger partial charge in [0, 0.05) is 45.5 Å². The Balaban J connectivity index is 0.00000364. The third-order valence-corrected chi connectivity index (χ3v) is 5.46. The number of sulfonamides is 1. The van der Waals surface area contributed by atoms with Crippen LogP contribution in [0.4, 0.5) is 0 Å². The Hall–Kier alpha value is -1.23. The molecule has 154 valence electrons. The van der Waals surface area contributed by atoms with Crippen LogP contribution in [0.2, 0.25) is 0 Å². The first kappa shape index (κ1) is 23.8. The Labute approximate surface area is 166 Å². The fourth-order valence-electron chi connectivity index (χ4n) is 2.54. The van der Waals surface area contributed by atoms with Crippen molar-refractivity contribution < 1.29 is 22.7 Å². The Morgan fingerprint density at radius 2 is 1.96 bits per heavy atom. The Bertz CT molecular complexity index is 664. The van der Waals surface area contributed by atoms with Gasteiger partial charge >= 0.3 is 0 Å². The number of amides is 1. The smallest absolute Gasteiger partial charge is 0.251 e. The molecule has 1 atom stereocenters. The zero-order chi connectivity index (χ0) is 18.8. The van der Waals surface area contributed by atoms with Crippen molar-refractivity contribution in [2.24, 2.45) is 0 Å². The molecule has 0 aromatic heterocycles. The van der Waals surface area contributed by atoms with Gasteiger partial charge in [-0.1, -0.05) is 0 Å². The molecule has 2 rings (SSSR count). The van der Waals surface area contributed by atoms with E-state index in [4.69, 9.17) is 9.47 Å². The number of benzene rings is 1. The average Bonchev–Trinajstić information content (AvgIpc) is 3.16. The maximum atomic E-state index is 12.3. The summed E-state index contributed by atoms with van der Waals surface area (Å²) in [5.74, 6) is -0.241. The van der Waals surface area contributed by atoms with Crippen molar-refractivity contribution in [1.82, 2.24) is 15.4 Å². The standard InChI is InChI=1S/C17H27N3O5S.ClH/c1-24-12-10-18-8-9-19-17(21)14-4-6-16(7-5-14)26(22,23)20-13-15-3-2-11-25-15;/h4-7,15,18,20H,2-3,8-13H2,1H3,(H,19,21);1H. The molecule has 1 aromatic rings. The minimum atomic E-state index is -3.60. The number of carbonyl (C=O) groups is 1. The van der Waals surface area contributed by atoms with E-state index in [1.165, 1.54) is 24.3 Å². The predicted octanol–water partition coefficient (Wildman–Crippen LogP) is 0.532. The molecule has 0 spiro atoms. The van der Waals surface area contributed by atoms with Crippen molar-refractivity contribution in [3.63, 3.8) is 0 Å². The molecule has 8 nitrogen and oxygen atoms in total. The van der Waals surface area contributed by atoms with Crippen molar-refractivity contribution in [2.45, 2.75) is 23.8 Å². The summed E-state index contributed by atoms with van der Waals surface area (Å²) in [6, 6.07) is 5.88. The van der Waals surface area contributed by atoms with Gasteiger partial charge in [0.25, 0.3) is 5.91 Å². The summed E-state index contributed by atoms with van der Waals surface area (Å²) in [6.07, 6.45) is 1.76. The number of nitrogens with one attached hydrogen (secondary N) is 3. The van der Waals surface area contributed by atoms with E-state index < -0.39 is 10.0 Å². The van der Waals surface area contributed by atoms with Crippen LogP contribution in [0.1, 0.15) is 23.2 Å². The molecule has 1 unspecified atom stereocenters. The zero-order valence-electron chi connectivity index (χ0n) is 15.4. The van der Waals surface area contributed by atoms with Gasteiger partial charge in [-0.05, 0) is 37.1 Å². The maximum absolute atomic E-state index is 12.3. The van der Waals surface area contributed by atoms with Crippen LogP contribution in [0.25, 0.3) is 0 Å². The molecule has 10 heteroatoms. The quantitative estimate of drug-likeness (QED) is 0.450. The number of methoxy groups -OCH3 is 1. The first-order valence-electron chi connectivity index (χ1n) is 8.72. The van der Waals surface area contributed by atoms with Gasteiger partial charge in [-0.3, -0.25) is 4.79 Å².